The van der Waals surface area contributed by atoms with Gasteiger partial charge >= 0.3 is 5.97 Å². The van der Waals surface area contributed by atoms with E-state index in [0.29, 0.717) is 12.5 Å². The van der Waals surface area contributed by atoms with Crippen LogP contribution >= 0.6 is 0 Å². The van der Waals surface area contributed by atoms with Gasteiger partial charge in [0.05, 0.1) is 0 Å². The molecule has 0 aliphatic heterocycles. The van der Waals surface area contributed by atoms with E-state index in [1.807, 2.05) is 6.92 Å². The molecule has 0 aromatic rings. The quantitative estimate of drug-likeness (QED) is 0.581. The smallest absolute Gasteiger partial charge is 0.320 e. The lowest BCUT2D eigenvalue weighted by Gasteiger charge is -2.18. The highest BCUT2D eigenvalue weighted by Gasteiger charge is 2.16. The summed E-state index contributed by atoms with van der Waals surface area (Å²) in [4.78, 5) is 10.8. The zero-order chi connectivity index (χ0) is 11.7. The van der Waals surface area contributed by atoms with Crippen LogP contribution in [0.1, 0.15) is 59.3 Å². The maximum absolute atomic E-state index is 10.8. The Labute approximate surface area is 93.3 Å². The average molecular weight is 215 g/mol. The first-order valence-electron chi connectivity index (χ1n) is 6.10. The Kier molecular flexibility index (Phi) is 8.38. The van der Waals surface area contributed by atoms with Crippen LogP contribution < -0.4 is 5.32 Å². The highest BCUT2D eigenvalue weighted by molar-refractivity contribution is 5.73. The number of unbranched alkanes of at least 4 members (excludes halogenated alkanes) is 3. The van der Waals surface area contributed by atoms with Gasteiger partial charge in [0.2, 0.25) is 0 Å². The molecule has 0 aliphatic carbocycles. The molecule has 90 valence electrons. The minimum Gasteiger partial charge on any atom is -0.480 e. The number of hydrogen-bond acceptors (Lipinski definition) is 2. The van der Waals surface area contributed by atoms with Gasteiger partial charge < -0.3 is 10.4 Å². The van der Waals surface area contributed by atoms with Crippen LogP contribution in [0, 0.1) is 0 Å². The molecular formula is C12H25NO2. The molecule has 0 aliphatic rings. The monoisotopic (exact) mass is 215 g/mol. The van der Waals surface area contributed by atoms with E-state index in [0.717, 1.165) is 6.42 Å². The van der Waals surface area contributed by atoms with E-state index in [1.165, 1.54) is 25.7 Å². The molecule has 2 N–H and O–H groups in total. The van der Waals surface area contributed by atoms with Gasteiger partial charge in [-0.2, -0.15) is 0 Å². The van der Waals surface area contributed by atoms with Crippen molar-refractivity contribution < 1.29 is 9.90 Å². The predicted octanol–water partition coefficient (Wildman–Crippen LogP) is 2.80. The average Bonchev–Trinajstić information content (AvgIpc) is 2.20. The molecule has 0 radical (unpaired) electrons. The Morgan fingerprint density at radius 1 is 1.27 bits per heavy atom. The summed E-state index contributed by atoms with van der Waals surface area (Å²) >= 11 is 0. The molecule has 3 nitrogen and oxygen atoms in total. The van der Waals surface area contributed by atoms with Crippen LogP contribution in [-0.2, 0) is 4.79 Å². The van der Waals surface area contributed by atoms with E-state index < -0.39 is 5.97 Å². The number of carboxylic acid groups (broad SMARTS) is 1. The summed E-state index contributed by atoms with van der Waals surface area (Å²) in [5, 5.41) is 12.0. The van der Waals surface area contributed by atoms with Crippen molar-refractivity contribution in [3.05, 3.63) is 0 Å². The molecule has 2 unspecified atom stereocenters. The second kappa shape index (κ2) is 8.72. The van der Waals surface area contributed by atoms with Gasteiger partial charge in [-0.3, -0.25) is 4.79 Å². The normalized spacial score (nSPS) is 14.9. The molecule has 0 bridgehead atoms. The van der Waals surface area contributed by atoms with Crippen molar-refractivity contribution in [3.63, 3.8) is 0 Å². The van der Waals surface area contributed by atoms with E-state index in [4.69, 9.17) is 5.11 Å². The molecule has 0 saturated carbocycles. The van der Waals surface area contributed by atoms with E-state index in [-0.39, 0.29) is 6.04 Å². The van der Waals surface area contributed by atoms with Gasteiger partial charge in [0.25, 0.3) is 0 Å². The Balaban J connectivity index is 3.62. The third-order valence-electron chi connectivity index (χ3n) is 2.68. The van der Waals surface area contributed by atoms with Crippen molar-refractivity contribution in [2.24, 2.45) is 0 Å². The van der Waals surface area contributed by atoms with Crippen molar-refractivity contribution in [2.45, 2.75) is 71.4 Å². The lowest BCUT2D eigenvalue weighted by molar-refractivity contribution is -0.139. The van der Waals surface area contributed by atoms with Gasteiger partial charge in [-0.1, -0.05) is 39.5 Å². The summed E-state index contributed by atoms with van der Waals surface area (Å²) in [5.41, 5.74) is 0. The maximum Gasteiger partial charge on any atom is 0.320 e. The van der Waals surface area contributed by atoms with Crippen molar-refractivity contribution in [1.82, 2.24) is 5.32 Å². The molecule has 0 spiro atoms. The van der Waals surface area contributed by atoms with Crippen LogP contribution in [0.4, 0.5) is 0 Å². The number of carboxylic acids is 1. The summed E-state index contributed by atoms with van der Waals surface area (Å²) in [6, 6.07) is -0.0749. The molecule has 0 amide bonds. The highest BCUT2D eigenvalue weighted by atomic mass is 16.4. The predicted molar refractivity (Wildman–Crippen MR) is 63.1 cm³/mol. The van der Waals surface area contributed by atoms with E-state index in [2.05, 4.69) is 19.2 Å². The van der Waals surface area contributed by atoms with Crippen molar-refractivity contribution >= 4 is 5.97 Å². The molecule has 0 rings (SSSR count). The molecule has 3 heteroatoms. The molecule has 0 aromatic carbocycles. The number of rotatable bonds is 9. The van der Waals surface area contributed by atoms with Crippen molar-refractivity contribution in [2.75, 3.05) is 0 Å². The minimum absolute atomic E-state index is 0.308. The Bertz CT molecular complexity index is 171. The van der Waals surface area contributed by atoms with Crippen molar-refractivity contribution in [3.8, 4) is 0 Å². The highest BCUT2D eigenvalue weighted by Crippen LogP contribution is 2.06. The Morgan fingerprint density at radius 2 is 1.93 bits per heavy atom. The number of hydrogen-bond donors (Lipinski definition) is 2. The minimum atomic E-state index is -0.738. The molecule has 2 atom stereocenters. The van der Waals surface area contributed by atoms with Crippen LogP contribution in [0.2, 0.25) is 0 Å². The largest absolute Gasteiger partial charge is 0.480 e. The summed E-state index contributed by atoms with van der Waals surface area (Å²) < 4.78 is 0. The summed E-state index contributed by atoms with van der Waals surface area (Å²) in [5.74, 6) is -0.738. The van der Waals surface area contributed by atoms with Gasteiger partial charge in [-0.25, -0.2) is 0 Å². The van der Waals surface area contributed by atoms with Gasteiger partial charge in [-0.15, -0.1) is 0 Å². The van der Waals surface area contributed by atoms with Crippen LogP contribution in [-0.4, -0.2) is 23.2 Å². The fourth-order valence-electron chi connectivity index (χ4n) is 1.67. The lowest BCUT2D eigenvalue weighted by atomic mass is 10.1. The SMILES string of the molecule is CCCCCCC(C)NC(CC)C(=O)O. The van der Waals surface area contributed by atoms with Crippen LogP contribution in [0.25, 0.3) is 0 Å². The number of carbonyl (C=O) groups is 1. The first kappa shape index (κ1) is 14.4. The zero-order valence-electron chi connectivity index (χ0n) is 10.3. The van der Waals surface area contributed by atoms with Crippen LogP contribution in [0.15, 0.2) is 0 Å². The molecule has 0 saturated heterocycles. The second-order valence-corrected chi connectivity index (χ2v) is 4.22. The van der Waals surface area contributed by atoms with Gasteiger partial charge in [0.15, 0.2) is 0 Å². The van der Waals surface area contributed by atoms with Gasteiger partial charge in [0, 0.05) is 6.04 Å². The van der Waals surface area contributed by atoms with Crippen LogP contribution in [0.5, 0.6) is 0 Å². The maximum atomic E-state index is 10.8. The van der Waals surface area contributed by atoms with E-state index in [1.54, 1.807) is 0 Å². The third-order valence-corrected chi connectivity index (χ3v) is 2.68. The molecule has 15 heavy (non-hydrogen) atoms. The van der Waals surface area contributed by atoms with Gasteiger partial charge in [0.1, 0.15) is 6.04 Å². The third kappa shape index (κ3) is 7.37. The standard InChI is InChI=1S/C12H25NO2/c1-4-6-7-8-9-10(3)13-11(5-2)12(14)15/h10-11,13H,4-9H2,1-3H3,(H,14,15). The fraction of sp³-hybridized carbons (Fsp3) is 0.917. The first-order valence-corrected chi connectivity index (χ1v) is 6.10. The molecule has 0 fully saturated rings. The fourth-order valence-corrected chi connectivity index (χ4v) is 1.67. The van der Waals surface area contributed by atoms with Crippen LogP contribution in [0.3, 0.4) is 0 Å². The zero-order valence-corrected chi connectivity index (χ0v) is 10.3. The van der Waals surface area contributed by atoms with E-state index in [9.17, 15) is 4.79 Å². The molecule has 0 heterocycles. The Morgan fingerprint density at radius 3 is 2.40 bits per heavy atom. The first-order chi connectivity index (χ1) is 7.11. The summed E-state index contributed by atoms with van der Waals surface area (Å²) in [6.07, 6.45) is 6.69. The summed E-state index contributed by atoms with van der Waals surface area (Å²) in [7, 11) is 0. The lowest BCUT2D eigenvalue weighted by Crippen LogP contribution is -2.41. The van der Waals surface area contributed by atoms with Crippen molar-refractivity contribution in [1.29, 1.82) is 0 Å². The summed E-state index contributed by atoms with van der Waals surface area (Å²) in [6.45, 7) is 6.16. The number of nitrogens with one attached hydrogen (secondary N) is 1. The number of aliphatic carboxylic acids is 1. The Hall–Kier alpha value is -0.570. The molecule has 0 aromatic heterocycles. The second-order valence-electron chi connectivity index (χ2n) is 4.22. The van der Waals surface area contributed by atoms with Gasteiger partial charge in [-0.05, 0) is 19.8 Å². The van der Waals surface area contributed by atoms with E-state index >= 15 is 0 Å². The topological polar surface area (TPSA) is 49.3 Å². The molecular weight excluding hydrogens is 190 g/mol.